The predicted molar refractivity (Wildman–Crippen MR) is 126 cm³/mol. The fourth-order valence-electron chi connectivity index (χ4n) is 4.28. The van der Waals surface area contributed by atoms with Gasteiger partial charge in [0, 0.05) is 42.8 Å². The minimum Gasteiger partial charge on any atom is -0.497 e. The summed E-state index contributed by atoms with van der Waals surface area (Å²) in [6, 6.07) is 18.8. The van der Waals surface area contributed by atoms with Crippen LogP contribution in [-0.4, -0.2) is 58.4 Å². The molecule has 1 saturated heterocycles. The van der Waals surface area contributed by atoms with Crippen molar-refractivity contribution >= 4 is 17.0 Å². The van der Waals surface area contributed by atoms with E-state index in [4.69, 9.17) is 4.74 Å². The van der Waals surface area contributed by atoms with Crippen LogP contribution < -0.4 is 9.64 Å². The van der Waals surface area contributed by atoms with E-state index in [0.29, 0.717) is 6.54 Å². The Balaban J connectivity index is 1.41. The van der Waals surface area contributed by atoms with E-state index in [9.17, 15) is 4.39 Å². The van der Waals surface area contributed by atoms with Gasteiger partial charge in [-0.25, -0.2) is 9.07 Å². The zero-order valence-electron chi connectivity index (χ0n) is 18.3. The molecular formula is C24H25FN6OS. The van der Waals surface area contributed by atoms with E-state index < -0.39 is 0 Å². The van der Waals surface area contributed by atoms with Gasteiger partial charge in [0.2, 0.25) is 0 Å². The number of nitrogens with zero attached hydrogens (tertiary/aromatic N) is 6. The average molecular weight is 465 g/mol. The highest BCUT2D eigenvalue weighted by Crippen LogP contribution is 2.30. The van der Waals surface area contributed by atoms with E-state index in [1.165, 1.54) is 17.0 Å². The highest BCUT2D eigenvalue weighted by atomic mass is 32.1. The van der Waals surface area contributed by atoms with Crippen LogP contribution in [0.4, 0.5) is 10.1 Å². The number of hydrogen-bond donors (Lipinski definition) is 0. The summed E-state index contributed by atoms with van der Waals surface area (Å²) in [6.07, 6.45) is 0. The van der Waals surface area contributed by atoms with E-state index in [-0.39, 0.29) is 11.9 Å². The van der Waals surface area contributed by atoms with E-state index in [1.807, 2.05) is 35.0 Å². The summed E-state index contributed by atoms with van der Waals surface area (Å²) in [5, 5.41) is 14.7. The van der Waals surface area contributed by atoms with Gasteiger partial charge in [0.05, 0.1) is 19.7 Å². The summed E-state index contributed by atoms with van der Waals surface area (Å²) < 4.78 is 20.9. The number of tetrazole rings is 1. The normalized spacial score (nSPS) is 15.5. The molecule has 0 spiro atoms. The number of methoxy groups -OCH3 is 1. The topological polar surface area (TPSA) is 59.3 Å². The summed E-state index contributed by atoms with van der Waals surface area (Å²) in [5.41, 5.74) is 2.13. The summed E-state index contributed by atoms with van der Waals surface area (Å²) in [6.45, 7) is 3.98. The molecule has 0 N–H and O–H groups in total. The Kier molecular flexibility index (Phi) is 6.32. The third kappa shape index (κ3) is 4.74. The number of piperazine rings is 1. The van der Waals surface area contributed by atoms with Crippen LogP contribution in [0.1, 0.15) is 22.3 Å². The molecule has 3 heterocycles. The fourth-order valence-corrected chi connectivity index (χ4v) is 4.97. The van der Waals surface area contributed by atoms with Crippen LogP contribution in [-0.2, 0) is 6.54 Å². The summed E-state index contributed by atoms with van der Waals surface area (Å²) in [4.78, 5) is 5.92. The van der Waals surface area contributed by atoms with Gasteiger partial charge in [-0.2, -0.15) is 0 Å². The second-order valence-corrected chi connectivity index (χ2v) is 8.98. The first-order chi connectivity index (χ1) is 16.2. The first kappa shape index (κ1) is 21.5. The van der Waals surface area contributed by atoms with Gasteiger partial charge >= 0.3 is 0 Å². The molecule has 7 nitrogen and oxygen atoms in total. The Bertz CT molecular complexity index is 1170. The Labute approximate surface area is 196 Å². The molecule has 0 radical (unpaired) electrons. The van der Waals surface area contributed by atoms with Crippen LogP contribution in [0.15, 0.2) is 66.0 Å². The van der Waals surface area contributed by atoms with E-state index in [0.717, 1.165) is 49.0 Å². The maximum absolute atomic E-state index is 13.7. The van der Waals surface area contributed by atoms with E-state index in [1.54, 1.807) is 18.4 Å². The van der Waals surface area contributed by atoms with E-state index in [2.05, 4.69) is 48.9 Å². The highest BCUT2D eigenvalue weighted by Gasteiger charge is 2.31. The maximum Gasteiger partial charge on any atom is 0.173 e. The molecule has 1 aliphatic heterocycles. The zero-order valence-corrected chi connectivity index (χ0v) is 19.2. The minimum atomic E-state index is -0.251. The number of anilines is 1. The number of thiophene rings is 1. The number of halogens is 1. The average Bonchev–Trinajstić information content (AvgIpc) is 3.54. The predicted octanol–water partition coefficient (Wildman–Crippen LogP) is 3.84. The molecule has 1 atom stereocenters. The van der Waals surface area contributed by atoms with Crippen molar-refractivity contribution in [2.75, 3.05) is 38.2 Å². The smallest absolute Gasteiger partial charge is 0.173 e. The van der Waals surface area contributed by atoms with Crippen LogP contribution >= 0.6 is 11.3 Å². The van der Waals surface area contributed by atoms with Crippen LogP contribution in [0.3, 0.4) is 0 Å². The van der Waals surface area contributed by atoms with Crippen molar-refractivity contribution in [2.24, 2.45) is 0 Å². The summed E-state index contributed by atoms with van der Waals surface area (Å²) in [5.74, 6) is 1.37. The standard InChI is InChI=1S/C24H25FN6OS/c1-32-21-5-2-4-20(16-21)29-11-13-30(14-12-29)23(18-7-9-19(25)10-8-18)24-26-27-28-31(24)17-22-6-3-15-33-22/h2-10,15-16,23H,11-14,17H2,1H3/t23-/m1/s1. The van der Waals surface area contributed by atoms with Crippen LogP contribution in [0.25, 0.3) is 0 Å². The van der Waals surface area contributed by atoms with Gasteiger partial charge in [-0.05, 0) is 51.7 Å². The first-order valence-corrected chi connectivity index (χ1v) is 11.8. The molecule has 5 rings (SSSR count). The lowest BCUT2D eigenvalue weighted by molar-refractivity contribution is 0.201. The lowest BCUT2D eigenvalue weighted by Gasteiger charge is -2.40. The van der Waals surface area contributed by atoms with Gasteiger partial charge in [0.25, 0.3) is 0 Å². The molecule has 1 aliphatic rings. The number of hydrogen-bond acceptors (Lipinski definition) is 7. The molecule has 0 aliphatic carbocycles. The largest absolute Gasteiger partial charge is 0.497 e. The molecule has 2 aromatic carbocycles. The first-order valence-electron chi connectivity index (χ1n) is 10.9. The number of ether oxygens (including phenoxy) is 1. The fraction of sp³-hybridized carbons (Fsp3) is 0.292. The Morgan fingerprint density at radius 3 is 2.58 bits per heavy atom. The molecule has 170 valence electrons. The van der Waals surface area contributed by atoms with Gasteiger partial charge < -0.3 is 9.64 Å². The summed E-state index contributed by atoms with van der Waals surface area (Å²) >= 11 is 1.68. The second-order valence-electron chi connectivity index (χ2n) is 7.95. The number of rotatable bonds is 7. The molecule has 2 aromatic heterocycles. The molecule has 1 fully saturated rings. The Hall–Kier alpha value is -3.30. The van der Waals surface area contributed by atoms with Crippen molar-refractivity contribution in [3.05, 3.63) is 88.1 Å². The SMILES string of the molecule is COc1cccc(N2CCN([C@H](c3ccc(F)cc3)c3nnnn3Cc3cccs3)CC2)c1. The van der Waals surface area contributed by atoms with Gasteiger partial charge in [-0.15, -0.1) is 16.4 Å². The summed E-state index contributed by atoms with van der Waals surface area (Å²) in [7, 11) is 1.69. The molecular weight excluding hydrogens is 439 g/mol. The molecule has 4 aromatic rings. The van der Waals surface area contributed by atoms with Gasteiger partial charge in [-0.3, -0.25) is 4.90 Å². The highest BCUT2D eigenvalue weighted by molar-refractivity contribution is 7.09. The Morgan fingerprint density at radius 1 is 1.03 bits per heavy atom. The van der Waals surface area contributed by atoms with Crippen molar-refractivity contribution < 1.29 is 9.13 Å². The lowest BCUT2D eigenvalue weighted by atomic mass is 10.0. The van der Waals surface area contributed by atoms with Crippen LogP contribution in [0, 0.1) is 5.82 Å². The second kappa shape index (κ2) is 9.68. The Morgan fingerprint density at radius 2 is 1.85 bits per heavy atom. The minimum absolute atomic E-state index is 0.159. The van der Waals surface area contributed by atoms with Crippen molar-refractivity contribution in [2.45, 2.75) is 12.6 Å². The molecule has 0 bridgehead atoms. The number of aromatic nitrogens is 4. The number of benzene rings is 2. The van der Waals surface area contributed by atoms with Gasteiger partial charge in [0.1, 0.15) is 11.6 Å². The zero-order chi connectivity index (χ0) is 22.6. The maximum atomic E-state index is 13.7. The van der Waals surface area contributed by atoms with Crippen LogP contribution in [0.5, 0.6) is 5.75 Å². The van der Waals surface area contributed by atoms with Gasteiger partial charge in [0.15, 0.2) is 5.82 Å². The lowest BCUT2D eigenvalue weighted by Crippen LogP contribution is -2.48. The van der Waals surface area contributed by atoms with Crippen molar-refractivity contribution in [1.82, 2.24) is 25.1 Å². The van der Waals surface area contributed by atoms with Gasteiger partial charge in [-0.1, -0.05) is 24.3 Å². The third-order valence-electron chi connectivity index (χ3n) is 5.97. The van der Waals surface area contributed by atoms with Crippen molar-refractivity contribution in [1.29, 1.82) is 0 Å². The third-order valence-corrected chi connectivity index (χ3v) is 6.83. The molecule has 0 amide bonds. The van der Waals surface area contributed by atoms with Crippen molar-refractivity contribution in [3.8, 4) is 5.75 Å². The molecule has 0 saturated carbocycles. The van der Waals surface area contributed by atoms with Crippen LogP contribution in [0.2, 0.25) is 0 Å². The molecule has 0 unspecified atom stereocenters. The molecule has 9 heteroatoms. The monoisotopic (exact) mass is 464 g/mol. The molecule has 33 heavy (non-hydrogen) atoms. The quantitative estimate of drug-likeness (QED) is 0.414. The van der Waals surface area contributed by atoms with Crippen molar-refractivity contribution in [3.63, 3.8) is 0 Å². The van der Waals surface area contributed by atoms with E-state index >= 15 is 0 Å².